The molecule has 2 amide bonds. The number of hydrogen-bond donors (Lipinski definition) is 2. The molecule has 0 aliphatic carbocycles. The number of nitrogens with one attached hydrogen (secondary N) is 2. The van der Waals surface area contributed by atoms with Gasteiger partial charge in [0.2, 0.25) is 5.91 Å². The Morgan fingerprint density at radius 3 is 2.46 bits per heavy atom. The van der Waals surface area contributed by atoms with Gasteiger partial charge in [-0.3, -0.25) is 14.6 Å². The lowest BCUT2D eigenvalue weighted by atomic mass is 10.1. The number of halogens is 1. The third-order valence-electron chi connectivity index (χ3n) is 5.20. The van der Waals surface area contributed by atoms with Gasteiger partial charge >= 0.3 is 0 Å². The molecule has 2 N–H and O–H groups in total. The molecule has 2 rings (SSSR count). The second-order valence-electron chi connectivity index (χ2n) is 9.89. The topological polar surface area (TPSA) is 83.6 Å². The molecule has 8 heteroatoms. The first-order chi connectivity index (χ1) is 16.5. The van der Waals surface area contributed by atoms with Crippen LogP contribution in [0, 0.1) is 0 Å². The number of anilines is 1. The van der Waals surface area contributed by atoms with E-state index in [1.165, 1.54) is 0 Å². The van der Waals surface area contributed by atoms with Gasteiger partial charge in [-0.2, -0.15) is 0 Å². The van der Waals surface area contributed by atoms with Gasteiger partial charge in [0, 0.05) is 59.8 Å². The first-order valence-electron chi connectivity index (χ1n) is 12.2. The second-order valence-corrected chi connectivity index (χ2v) is 10.3. The zero-order valence-corrected chi connectivity index (χ0v) is 22.3. The van der Waals surface area contributed by atoms with Crippen LogP contribution < -0.4 is 15.4 Å². The first-order valence-corrected chi connectivity index (χ1v) is 12.6. The number of benzene rings is 1. The van der Waals surface area contributed by atoms with E-state index in [9.17, 15) is 9.59 Å². The normalized spacial score (nSPS) is 11.3. The predicted octanol–water partition coefficient (Wildman–Crippen LogP) is 5.55. The van der Waals surface area contributed by atoms with Crippen LogP contribution in [0.2, 0.25) is 5.02 Å². The molecule has 0 aliphatic heterocycles. The fourth-order valence-electron chi connectivity index (χ4n) is 3.59. The van der Waals surface area contributed by atoms with Gasteiger partial charge in [0.25, 0.3) is 5.91 Å². The molecule has 1 aromatic heterocycles. The van der Waals surface area contributed by atoms with Gasteiger partial charge in [0.1, 0.15) is 12.4 Å². The number of unbranched alkanes of at least 4 members (excludes halogenated alkanes) is 2. The highest BCUT2D eigenvalue weighted by Gasteiger charge is 2.20. The summed E-state index contributed by atoms with van der Waals surface area (Å²) in [4.78, 5) is 31.1. The number of rotatable bonds is 13. The zero-order chi connectivity index (χ0) is 25.8. The van der Waals surface area contributed by atoms with Crippen molar-refractivity contribution in [1.29, 1.82) is 0 Å². The van der Waals surface area contributed by atoms with E-state index < -0.39 is 0 Å². The smallest absolute Gasteiger partial charge is 0.254 e. The molecular weight excluding hydrogens is 464 g/mol. The maximum Gasteiger partial charge on any atom is 0.254 e. The van der Waals surface area contributed by atoms with Crippen molar-refractivity contribution in [1.82, 2.24) is 15.2 Å². The van der Waals surface area contributed by atoms with E-state index in [-0.39, 0.29) is 23.4 Å². The Morgan fingerprint density at radius 2 is 1.80 bits per heavy atom. The van der Waals surface area contributed by atoms with Crippen molar-refractivity contribution in [3.05, 3.63) is 53.3 Å². The molecule has 0 radical (unpaired) electrons. The summed E-state index contributed by atoms with van der Waals surface area (Å²) >= 11 is 6.30. The molecule has 35 heavy (non-hydrogen) atoms. The lowest BCUT2D eigenvalue weighted by Crippen LogP contribution is -2.40. The van der Waals surface area contributed by atoms with Gasteiger partial charge in [-0.05, 0) is 77.8 Å². The standard InChI is InChI=1S/C27H39ClN4O3/c1-20(2)32(15-8-6-7-9-25(33)31-27(3,4)5)26(34)21-17-22(28)19-24(18-21)35-16-14-30-23-10-12-29-13-11-23/h10-13,17-20H,6-9,14-16H2,1-5H3,(H,29,30)(H,31,33). The number of nitrogens with zero attached hydrogens (tertiary/aromatic N) is 2. The third kappa shape index (κ3) is 11.0. The lowest BCUT2D eigenvalue weighted by Gasteiger charge is -2.27. The first kappa shape index (κ1) is 28.4. The quantitative estimate of drug-likeness (QED) is 0.351. The molecule has 1 aromatic carbocycles. The molecule has 7 nitrogen and oxygen atoms in total. The molecule has 0 saturated carbocycles. The van der Waals surface area contributed by atoms with Gasteiger partial charge in [0.15, 0.2) is 0 Å². The van der Waals surface area contributed by atoms with E-state index in [0.717, 1.165) is 24.9 Å². The van der Waals surface area contributed by atoms with Crippen molar-refractivity contribution in [3.63, 3.8) is 0 Å². The maximum absolute atomic E-state index is 13.3. The Morgan fingerprint density at radius 1 is 1.09 bits per heavy atom. The molecule has 0 atom stereocenters. The van der Waals surface area contributed by atoms with Crippen molar-refractivity contribution < 1.29 is 14.3 Å². The minimum atomic E-state index is -0.215. The molecule has 0 bridgehead atoms. The number of ether oxygens (including phenoxy) is 1. The van der Waals surface area contributed by atoms with Crippen LogP contribution in [0.3, 0.4) is 0 Å². The second kappa shape index (κ2) is 13.9. The number of amides is 2. The largest absolute Gasteiger partial charge is 0.492 e. The highest BCUT2D eigenvalue weighted by Crippen LogP contribution is 2.23. The van der Waals surface area contributed by atoms with Crippen molar-refractivity contribution in [3.8, 4) is 5.75 Å². The van der Waals surface area contributed by atoms with Crippen molar-refractivity contribution >= 4 is 29.1 Å². The van der Waals surface area contributed by atoms with E-state index in [0.29, 0.717) is 42.5 Å². The van der Waals surface area contributed by atoms with Crippen LogP contribution in [0.25, 0.3) is 0 Å². The molecule has 0 unspecified atom stereocenters. The van der Waals surface area contributed by atoms with Crippen molar-refractivity contribution in [2.45, 2.75) is 71.9 Å². The van der Waals surface area contributed by atoms with Gasteiger partial charge < -0.3 is 20.3 Å². The van der Waals surface area contributed by atoms with Gasteiger partial charge in [0.05, 0.1) is 0 Å². The summed E-state index contributed by atoms with van der Waals surface area (Å²) in [5, 5.41) is 6.69. The number of carbonyl (C=O) groups excluding carboxylic acids is 2. The monoisotopic (exact) mass is 502 g/mol. The Hall–Kier alpha value is -2.80. The summed E-state index contributed by atoms with van der Waals surface area (Å²) in [5.74, 6) is 0.551. The summed E-state index contributed by atoms with van der Waals surface area (Å²) < 4.78 is 5.84. The van der Waals surface area contributed by atoms with Crippen LogP contribution in [-0.2, 0) is 4.79 Å². The summed E-state index contributed by atoms with van der Waals surface area (Å²) in [7, 11) is 0. The molecule has 1 heterocycles. The molecule has 0 spiro atoms. The molecule has 0 fully saturated rings. The molecule has 192 valence electrons. The fourth-order valence-corrected chi connectivity index (χ4v) is 3.81. The van der Waals surface area contributed by atoms with Crippen LogP contribution in [0.15, 0.2) is 42.7 Å². The Balaban J connectivity index is 1.86. The average molecular weight is 503 g/mol. The molecular formula is C27H39ClN4O3. The molecule has 2 aromatic rings. The number of carbonyl (C=O) groups is 2. The SMILES string of the molecule is CC(C)N(CCCCCC(=O)NC(C)(C)C)C(=O)c1cc(Cl)cc(OCCNc2ccncc2)c1. The van der Waals surface area contributed by atoms with Crippen LogP contribution >= 0.6 is 11.6 Å². The average Bonchev–Trinajstić information content (AvgIpc) is 2.77. The van der Waals surface area contributed by atoms with Crippen LogP contribution in [0.5, 0.6) is 5.75 Å². The summed E-state index contributed by atoms with van der Waals surface area (Å²) in [6, 6.07) is 8.95. The molecule has 0 saturated heterocycles. The minimum absolute atomic E-state index is 0.0413. The third-order valence-corrected chi connectivity index (χ3v) is 5.42. The summed E-state index contributed by atoms with van der Waals surface area (Å²) in [6.07, 6.45) is 6.45. The highest BCUT2D eigenvalue weighted by molar-refractivity contribution is 6.31. The summed E-state index contributed by atoms with van der Waals surface area (Å²) in [5.41, 5.74) is 1.26. The van der Waals surface area contributed by atoms with Crippen LogP contribution in [0.4, 0.5) is 5.69 Å². The predicted molar refractivity (Wildman–Crippen MR) is 142 cm³/mol. The number of aromatic nitrogens is 1. The van der Waals surface area contributed by atoms with Gasteiger partial charge in [-0.1, -0.05) is 18.0 Å². The minimum Gasteiger partial charge on any atom is -0.492 e. The van der Waals surface area contributed by atoms with E-state index in [2.05, 4.69) is 15.6 Å². The highest BCUT2D eigenvalue weighted by atomic mass is 35.5. The van der Waals surface area contributed by atoms with E-state index in [4.69, 9.17) is 16.3 Å². The Bertz CT molecular complexity index is 945. The maximum atomic E-state index is 13.3. The Labute approximate surface area is 214 Å². The van der Waals surface area contributed by atoms with E-state index in [1.807, 2.05) is 51.7 Å². The van der Waals surface area contributed by atoms with E-state index in [1.54, 1.807) is 30.6 Å². The zero-order valence-electron chi connectivity index (χ0n) is 21.6. The number of hydrogen-bond acceptors (Lipinski definition) is 5. The fraction of sp³-hybridized carbons (Fsp3) is 0.519. The molecule has 0 aliphatic rings. The van der Waals surface area contributed by atoms with E-state index >= 15 is 0 Å². The van der Waals surface area contributed by atoms with Gasteiger partial charge in [-0.15, -0.1) is 0 Å². The summed E-state index contributed by atoms with van der Waals surface area (Å²) in [6.45, 7) is 11.6. The van der Waals surface area contributed by atoms with Crippen LogP contribution in [-0.4, -0.2) is 53.0 Å². The van der Waals surface area contributed by atoms with Gasteiger partial charge in [-0.25, -0.2) is 0 Å². The van der Waals surface area contributed by atoms with Crippen molar-refractivity contribution in [2.24, 2.45) is 0 Å². The van der Waals surface area contributed by atoms with Crippen molar-refractivity contribution in [2.75, 3.05) is 25.0 Å². The Kier molecular flexibility index (Phi) is 11.3. The lowest BCUT2D eigenvalue weighted by molar-refractivity contribution is -0.122. The van der Waals surface area contributed by atoms with Crippen LogP contribution in [0.1, 0.15) is 70.7 Å². The number of pyridine rings is 1.